The fourth-order valence-corrected chi connectivity index (χ4v) is 1.38. The van der Waals surface area contributed by atoms with Crippen LogP contribution in [-0.2, 0) is 0 Å². The maximum atomic E-state index is 4.26. The van der Waals surface area contributed by atoms with Crippen molar-refractivity contribution in [2.75, 3.05) is 0 Å². The monoisotopic (exact) mass is 187 g/mol. The van der Waals surface area contributed by atoms with Crippen LogP contribution in [0.2, 0.25) is 0 Å². The Morgan fingerprint density at radius 3 is 2.46 bits per heavy atom. The normalized spacial score (nSPS) is 9.92. The second kappa shape index (κ2) is 3.62. The van der Waals surface area contributed by atoms with Crippen molar-refractivity contribution < 1.29 is 0 Å². The summed E-state index contributed by atoms with van der Waals surface area (Å²) >= 11 is 4.26. The van der Waals surface area contributed by atoms with E-state index >= 15 is 0 Å². The van der Waals surface area contributed by atoms with Gasteiger partial charge in [-0.1, -0.05) is 30.3 Å². The number of benzene rings is 1. The average molecular weight is 187 g/mol. The summed E-state index contributed by atoms with van der Waals surface area (Å²) in [6, 6.07) is 13.9. The lowest BCUT2D eigenvalue weighted by molar-refractivity contribution is 1.27. The van der Waals surface area contributed by atoms with E-state index in [1.165, 1.54) is 0 Å². The molecule has 2 rings (SSSR count). The summed E-state index contributed by atoms with van der Waals surface area (Å²) in [4.78, 5) is 5.20. The fourth-order valence-electron chi connectivity index (χ4n) is 1.19. The Labute approximate surface area is 82.9 Å². The fraction of sp³-hybridized carbons (Fsp3) is 0. The highest BCUT2D eigenvalue weighted by atomic mass is 32.1. The molecule has 0 radical (unpaired) electrons. The van der Waals surface area contributed by atoms with Gasteiger partial charge in [-0.3, -0.25) is 4.98 Å². The van der Waals surface area contributed by atoms with E-state index in [2.05, 4.69) is 17.6 Å². The van der Waals surface area contributed by atoms with Crippen molar-refractivity contribution in [3.8, 4) is 11.3 Å². The van der Waals surface area contributed by atoms with E-state index in [0.717, 1.165) is 16.2 Å². The van der Waals surface area contributed by atoms with Gasteiger partial charge in [0, 0.05) is 16.7 Å². The van der Waals surface area contributed by atoms with Gasteiger partial charge in [-0.15, -0.1) is 12.6 Å². The zero-order valence-electron chi connectivity index (χ0n) is 7.01. The van der Waals surface area contributed by atoms with Gasteiger partial charge in [0.25, 0.3) is 0 Å². The van der Waals surface area contributed by atoms with Crippen LogP contribution in [0.4, 0.5) is 0 Å². The molecule has 0 amide bonds. The molecule has 2 aromatic rings. The number of hydrogen-bond donors (Lipinski definition) is 1. The summed E-state index contributed by atoms with van der Waals surface area (Å²) in [5.74, 6) is 0. The smallest absolute Gasteiger partial charge is 0.0712 e. The third kappa shape index (κ3) is 1.90. The van der Waals surface area contributed by atoms with Crippen molar-refractivity contribution in [3.05, 3.63) is 48.7 Å². The molecule has 0 spiro atoms. The van der Waals surface area contributed by atoms with Gasteiger partial charge in [-0.2, -0.15) is 0 Å². The predicted octanol–water partition coefficient (Wildman–Crippen LogP) is 3.04. The maximum absolute atomic E-state index is 4.26. The molecule has 1 nitrogen and oxygen atoms in total. The molecule has 0 unspecified atom stereocenters. The van der Waals surface area contributed by atoms with Crippen LogP contribution >= 0.6 is 12.6 Å². The van der Waals surface area contributed by atoms with Crippen molar-refractivity contribution in [1.82, 2.24) is 4.98 Å². The van der Waals surface area contributed by atoms with E-state index in [1.807, 2.05) is 42.5 Å². The molecule has 0 fully saturated rings. The van der Waals surface area contributed by atoms with E-state index in [9.17, 15) is 0 Å². The summed E-state index contributed by atoms with van der Waals surface area (Å²) in [5.41, 5.74) is 2.09. The summed E-state index contributed by atoms with van der Waals surface area (Å²) in [6.45, 7) is 0. The molecule has 1 aromatic carbocycles. The third-order valence-electron chi connectivity index (χ3n) is 1.81. The Hall–Kier alpha value is -1.28. The molecule has 0 N–H and O–H groups in total. The topological polar surface area (TPSA) is 12.9 Å². The minimum absolute atomic E-state index is 0.939. The molecule has 64 valence electrons. The molecule has 0 saturated carbocycles. The minimum Gasteiger partial charge on any atom is -0.256 e. The first kappa shape index (κ1) is 8.32. The van der Waals surface area contributed by atoms with Gasteiger partial charge in [0.1, 0.15) is 0 Å². The van der Waals surface area contributed by atoms with Crippen LogP contribution < -0.4 is 0 Å². The molecular weight excluding hydrogens is 178 g/mol. The van der Waals surface area contributed by atoms with Crippen LogP contribution in [0.3, 0.4) is 0 Å². The average Bonchev–Trinajstić information content (AvgIpc) is 2.19. The van der Waals surface area contributed by atoms with E-state index in [0.29, 0.717) is 0 Å². The Kier molecular flexibility index (Phi) is 2.32. The molecule has 0 aliphatic carbocycles. The number of nitrogens with zero attached hydrogens (tertiary/aromatic N) is 1. The van der Waals surface area contributed by atoms with Crippen molar-refractivity contribution in [3.63, 3.8) is 0 Å². The summed E-state index contributed by atoms with van der Waals surface area (Å²) in [6.07, 6.45) is 1.77. The molecule has 0 aliphatic heterocycles. The maximum Gasteiger partial charge on any atom is 0.0712 e. The van der Waals surface area contributed by atoms with Gasteiger partial charge in [0.15, 0.2) is 0 Å². The number of rotatable bonds is 1. The van der Waals surface area contributed by atoms with Gasteiger partial charge in [-0.25, -0.2) is 0 Å². The largest absolute Gasteiger partial charge is 0.256 e. The lowest BCUT2D eigenvalue weighted by Crippen LogP contribution is -1.81. The SMILES string of the molecule is Sc1ccnc(-c2ccccc2)c1. The minimum atomic E-state index is 0.939. The number of pyridine rings is 1. The zero-order valence-corrected chi connectivity index (χ0v) is 7.91. The molecular formula is C11H9NS. The predicted molar refractivity (Wildman–Crippen MR) is 56.9 cm³/mol. The number of hydrogen-bond acceptors (Lipinski definition) is 2. The van der Waals surface area contributed by atoms with Crippen LogP contribution in [0.5, 0.6) is 0 Å². The van der Waals surface area contributed by atoms with Crippen molar-refractivity contribution in [2.24, 2.45) is 0 Å². The Morgan fingerprint density at radius 2 is 1.77 bits per heavy atom. The Balaban J connectivity index is 2.48. The van der Waals surface area contributed by atoms with Gasteiger partial charge in [0.05, 0.1) is 5.69 Å². The van der Waals surface area contributed by atoms with E-state index < -0.39 is 0 Å². The van der Waals surface area contributed by atoms with Crippen LogP contribution in [0.15, 0.2) is 53.6 Å². The van der Waals surface area contributed by atoms with E-state index in [4.69, 9.17) is 0 Å². The molecule has 1 heterocycles. The van der Waals surface area contributed by atoms with Gasteiger partial charge in [-0.05, 0) is 12.1 Å². The number of thiol groups is 1. The standard InChI is InChI=1S/C11H9NS/c13-10-6-7-12-11(8-10)9-4-2-1-3-5-9/h1-8H,(H,12,13). The molecule has 0 bridgehead atoms. The molecule has 0 aliphatic rings. The molecule has 13 heavy (non-hydrogen) atoms. The first-order valence-electron chi connectivity index (χ1n) is 4.07. The first-order chi connectivity index (χ1) is 6.36. The Bertz CT molecular complexity index is 398. The van der Waals surface area contributed by atoms with E-state index in [1.54, 1.807) is 6.20 Å². The first-order valence-corrected chi connectivity index (χ1v) is 4.51. The van der Waals surface area contributed by atoms with Gasteiger partial charge >= 0.3 is 0 Å². The quantitative estimate of drug-likeness (QED) is 0.677. The van der Waals surface area contributed by atoms with Crippen LogP contribution in [0.25, 0.3) is 11.3 Å². The lowest BCUT2D eigenvalue weighted by Gasteiger charge is -1.99. The summed E-state index contributed by atoms with van der Waals surface area (Å²) in [7, 11) is 0. The molecule has 0 saturated heterocycles. The lowest BCUT2D eigenvalue weighted by atomic mass is 10.1. The summed E-state index contributed by atoms with van der Waals surface area (Å²) < 4.78 is 0. The van der Waals surface area contributed by atoms with Crippen molar-refractivity contribution >= 4 is 12.6 Å². The van der Waals surface area contributed by atoms with Crippen LogP contribution in [0.1, 0.15) is 0 Å². The van der Waals surface area contributed by atoms with Crippen molar-refractivity contribution in [2.45, 2.75) is 4.90 Å². The van der Waals surface area contributed by atoms with Gasteiger partial charge in [0.2, 0.25) is 0 Å². The highest BCUT2D eigenvalue weighted by Crippen LogP contribution is 2.18. The number of aromatic nitrogens is 1. The third-order valence-corrected chi connectivity index (χ3v) is 2.09. The highest BCUT2D eigenvalue weighted by Gasteiger charge is 1.96. The van der Waals surface area contributed by atoms with Crippen LogP contribution in [-0.4, -0.2) is 4.98 Å². The van der Waals surface area contributed by atoms with Crippen LogP contribution in [0, 0.1) is 0 Å². The second-order valence-corrected chi connectivity index (χ2v) is 3.28. The van der Waals surface area contributed by atoms with Crippen molar-refractivity contribution in [1.29, 1.82) is 0 Å². The molecule has 2 heteroatoms. The summed E-state index contributed by atoms with van der Waals surface area (Å²) in [5, 5.41) is 0. The zero-order chi connectivity index (χ0) is 9.10. The second-order valence-electron chi connectivity index (χ2n) is 2.77. The molecule has 0 atom stereocenters. The van der Waals surface area contributed by atoms with Gasteiger partial charge < -0.3 is 0 Å². The van der Waals surface area contributed by atoms with E-state index in [-0.39, 0.29) is 0 Å². The molecule has 1 aromatic heterocycles. The Morgan fingerprint density at radius 1 is 1.00 bits per heavy atom. The highest BCUT2D eigenvalue weighted by molar-refractivity contribution is 7.80.